The topological polar surface area (TPSA) is 90.9 Å². The van der Waals surface area contributed by atoms with Crippen molar-refractivity contribution in [3.8, 4) is 17.0 Å². The van der Waals surface area contributed by atoms with E-state index in [4.69, 9.17) is 9.47 Å². The highest BCUT2D eigenvalue weighted by Gasteiger charge is 2.30. The van der Waals surface area contributed by atoms with Gasteiger partial charge in [0.25, 0.3) is 0 Å². The van der Waals surface area contributed by atoms with Crippen LogP contribution in [0.4, 0.5) is 4.79 Å². The first-order valence-corrected chi connectivity index (χ1v) is 14.5. The van der Waals surface area contributed by atoms with E-state index in [2.05, 4.69) is 27.2 Å². The Bertz CT molecular complexity index is 1260. The van der Waals surface area contributed by atoms with Gasteiger partial charge in [0.15, 0.2) is 0 Å². The van der Waals surface area contributed by atoms with E-state index in [1.165, 1.54) is 11.3 Å². The van der Waals surface area contributed by atoms with Gasteiger partial charge < -0.3 is 19.5 Å². The number of β-amino-alcohol motifs (C(OH)–C–C–N with tert-alkyl or cyclic N) is 1. The molecule has 0 saturated heterocycles. The van der Waals surface area contributed by atoms with Crippen molar-refractivity contribution < 1.29 is 19.4 Å². The molecule has 1 saturated carbocycles. The largest absolute Gasteiger partial charge is 0.491 e. The number of ether oxygens (including phenoxy) is 2. The summed E-state index contributed by atoms with van der Waals surface area (Å²) in [4.78, 5) is 17.2. The standard InChI is InChI=1S/C32H42N4O4/c1-32(2,3)40-31(38)36(25-13-7-8-14-25)19-23-10-9-15-27(18-23)39-22-26(37)20-35-17-16-29-28(21-35)30(34-33-29)24-11-5-4-6-12-24/h4-6,9-12,15,18,25-26,37H,7-8,13-14,16-17,19-22H2,1-3H3,(H,33,34). The van der Waals surface area contributed by atoms with Gasteiger partial charge in [-0.15, -0.1) is 0 Å². The van der Waals surface area contributed by atoms with Crippen molar-refractivity contribution in [2.45, 2.75) is 83.7 Å². The van der Waals surface area contributed by atoms with Crippen molar-refractivity contribution >= 4 is 6.09 Å². The monoisotopic (exact) mass is 546 g/mol. The van der Waals surface area contributed by atoms with Crippen LogP contribution in [-0.4, -0.2) is 68.6 Å². The maximum absolute atomic E-state index is 13.0. The van der Waals surface area contributed by atoms with Crippen LogP contribution in [0.25, 0.3) is 11.3 Å². The molecule has 5 rings (SSSR count). The van der Waals surface area contributed by atoms with E-state index in [1.807, 2.05) is 68.1 Å². The lowest BCUT2D eigenvalue weighted by Crippen LogP contribution is -2.41. The average molecular weight is 547 g/mol. The zero-order chi connectivity index (χ0) is 28.1. The predicted octanol–water partition coefficient (Wildman–Crippen LogP) is 5.55. The molecule has 0 radical (unpaired) electrons. The number of H-pyrrole nitrogens is 1. The Morgan fingerprint density at radius 1 is 1.15 bits per heavy atom. The summed E-state index contributed by atoms with van der Waals surface area (Å²) in [6.45, 7) is 8.49. The number of hydrogen-bond donors (Lipinski definition) is 2. The quantitative estimate of drug-likeness (QED) is 0.366. The molecule has 3 aromatic rings. The summed E-state index contributed by atoms with van der Waals surface area (Å²) in [5.74, 6) is 0.689. The fraction of sp³-hybridized carbons (Fsp3) is 0.500. The lowest BCUT2D eigenvalue weighted by atomic mass is 10.0. The zero-order valence-electron chi connectivity index (χ0n) is 23.9. The molecule has 8 heteroatoms. The third kappa shape index (κ3) is 7.23. The molecule has 1 unspecified atom stereocenters. The van der Waals surface area contributed by atoms with Crippen LogP contribution in [0.2, 0.25) is 0 Å². The highest BCUT2D eigenvalue weighted by Crippen LogP contribution is 2.29. The van der Waals surface area contributed by atoms with Crippen molar-refractivity contribution in [1.82, 2.24) is 20.0 Å². The van der Waals surface area contributed by atoms with Gasteiger partial charge in [-0.1, -0.05) is 55.3 Å². The van der Waals surface area contributed by atoms with E-state index < -0.39 is 11.7 Å². The normalized spacial score (nSPS) is 16.9. The van der Waals surface area contributed by atoms with Crippen LogP contribution < -0.4 is 4.74 Å². The summed E-state index contributed by atoms with van der Waals surface area (Å²) in [6.07, 6.45) is 4.26. The van der Waals surface area contributed by atoms with Crippen molar-refractivity contribution in [2.24, 2.45) is 0 Å². The fourth-order valence-corrected chi connectivity index (χ4v) is 5.69. The van der Waals surface area contributed by atoms with Crippen LogP contribution in [0.5, 0.6) is 5.75 Å². The number of nitrogens with zero attached hydrogens (tertiary/aromatic N) is 3. The highest BCUT2D eigenvalue weighted by molar-refractivity contribution is 5.68. The van der Waals surface area contributed by atoms with Crippen LogP contribution in [0, 0.1) is 0 Å². The fourth-order valence-electron chi connectivity index (χ4n) is 5.69. The smallest absolute Gasteiger partial charge is 0.410 e. The van der Waals surface area contributed by atoms with Gasteiger partial charge >= 0.3 is 6.09 Å². The molecule has 214 valence electrons. The van der Waals surface area contributed by atoms with Crippen molar-refractivity contribution in [3.05, 3.63) is 71.4 Å². The van der Waals surface area contributed by atoms with Crippen LogP contribution in [0.1, 0.15) is 63.3 Å². The summed E-state index contributed by atoms with van der Waals surface area (Å²) < 4.78 is 11.7. The van der Waals surface area contributed by atoms with Gasteiger partial charge in [0.2, 0.25) is 0 Å². The van der Waals surface area contributed by atoms with Gasteiger partial charge in [-0.05, 0) is 51.3 Å². The molecule has 1 aliphatic carbocycles. The van der Waals surface area contributed by atoms with E-state index in [-0.39, 0.29) is 18.7 Å². The Balaban J connectivity index is 1.16. The first kappa shape index (κ1) is 28.2. The van der Waals surface area contributed by atoms with Gasteiger partial charge in [0.1, 0.15) is 24.1 Å². The zero-order valence-corrected chi connectivity index (χ0v) is 23.9. The number of aliphatic hydroxyl groups is 1. The molecular weight excluding hydrogens is 504 g/mol. The van der Waals surface area contributed by atoms with Crippen molar-refractivity contribution in [3.63, 3.8) is 0 Å². The molecule has 1 amide bonds. The van der Waals surface area contributed by atoms with Gasteiger partial charge in [-0.25, -0.2) is 4.79 Å². The second-order valence-electron chi connectivity index (χ2n) is 12.0. The summed E-state index contributed by atoms with van der Waals surface area (Å²) in [6, 6.07) is 18.2. The highest BCUT2D eigenvalue weighted by atomic mass is 16.6. The lowest BCUT2D eigenvalue weighted by molar-refractivity contribution is 0.0144. The number of amides is 1. The minimum atomic E-state index is -0.631. The Morgan fingerprint density at radius 2 is 1.93 bits per heavy atom. The summed E-state index contributed by atoms with van der Waals surface area (Å²) >= 11 is 0. The molecule has 0 spiro atoms. The molecule has 2 aliphatic rings. The molecule has 0 bridgehead atoms. The van der Waals surface area contributed by atoms with Gasteiger partial charge in [0, 0.05) is 55.5 Å². The van der Waals surface area contributed by atoms with E-state index in [1.54, 1.807) is 0 Å². The molecule has 1 fully saturated rings. The molecule has 1 aromatic heterocycles. The van der Waals surface area contributed by atoms with E-state index in [9.17, 15) is 9.90 Å². The Kier molecular flexibility index (Phi) is 8.76. The maximum Gasteiger partial charge on any atom is 0.410 e. The third-order valence-electron chi connectivity index (χ3n) is 7.62. The number of carbonyl (C=O) groups excluding carboxylic acids is 1. The Hall–Kier alpha value is -3.36. The van der Waals surface area contributed by atoms with Gasteiger partial charge in [-0.2, -0.15) is 5.10 Å². The minimum Gasteiger partial charge on any atom is -0.491 e. The number of benzene rings is 2. The van der Waals surface area contributed by atoms with Crippen molar-refractivity contribution in [2.75, 3.05) is 19.7 Å². The van der Waals surface area contributed by atoms with Crippen molar-refractivity contribution in [1.29, 1.82) is 0 Å². The third-order valence-corrected chi connectivity index (χ3v) is 7.62. The predicted molar refractivity (Wildman–Crippen MR) is 155 cm³/mol. The molecule has 1 atom stereocenters. The van der Waals surface area contributed by atoms with E-state index in [0.717, 1.165) is 62.0 Å². The minimum absolute atomic E-state index is 0.197. The number of carbonyl (C=O) groups is 1. The summed E-state index contributed by atoms with van der Waals surface area (Å²) in [7, 11) is 0. The summed E-state index contributed by atoms with van der Waals surface area (Å²) in [5.41, 5.74) is 4.92. The van der Waals surface area contributed by atoms with Gasteiger partial charge in [-0.3, -0.25) is 10.00 Å². The molecule has 1 aliphatic heterocycles. The van der Waals surface area contributed by atoms with E-state index in [0.29, 0.717) is 18.8 Å². The number of aliphatic hydroxyl groups excluding tert-OH is 1. The molecule has 40 heavy (non-hydrogen) atoms. The molecule has 2 heterocycles. The molecule has 8 nitrogen and oxygen atoms in total. The first-order chi connectivity index (χ1) is 19.2. The second kappa shape index (κ2) is 12.4. The maximum atomic E-state index is 13.0. The Morgan fingerprint density at radius 3 is 2.67 bits per heavy atom. The lowest BCUT2D eigenvalue weighted by Gasteiger charge is -2.31. The van der Waals surface area contributed by atoms with Crippen LogP contribution in [-0.2, 0) is 24.2 Å². The average Bonchev–Trinajstić information content (AvgIpc) is 3.61. The summed E-state index contributed by atoms with van der Waals surface area (Å²) in [5, 5.41) is 18.6. The van der Waals surface area contributed by atoms with Crippen LogP contribution >= 0.6 is 0 Å². The van der Waals surface area contributed by atoms with Crippen LogP contribution in [0.3, 0.4) is 0 Å². The van der Waals surface area contributed by atoms with E-state index >= 15 is 0 Å². The number of hydrogen-bond acceptors (Lipinski definition) is 6. The first-order valence-electron chi connectivity index (χ1n) is 14.5. The molecular formula is C32H42N4O4. The Labute approximate surface area is 237 Å². The van der Waals surface area contributed by atoms with Crippen LogP contribution in [0.15, 0.2) is 54.6 Å². The number of rotatable bonds is 9. The number of fused-ring (bicyclic) bond motifs is 1. The number of aromatic amines is 1. The van der Waals surface area contributed by atoms with Gasteiger partial charge in [0.05, 0.1) is 5.69 Å². The SMILES string of the molecule is CC(C)(C)OC(=O)N(Cc1cccc(OCC(O)CN2CCc3[nH]nc(-c4ccccc4)c3C2)c1)C1CCCC1. The molecule has 2 N–H and O–H groups in total. The second-order valence-corrected chi connectivity index (χ2v) is 12.0. The number of nitrogens with one attached hydrogen (secondary N) is 1. The number of aromatic nitrogens is 2. The molecule has 2 aromatic carbocycles.